The molecule has 4 rings (SSSR count). The van der Waals surface area contributed by atoms with Crippen molar-refractivity contribution in [2.45, 2.75) is 23.2 Å². The molecular formula is C20H23FN2O4S2. The van der Waals surface area contributed by atoms with Crippen LogP contribution in [0.2, 0.25) is 0 Å². The summed E-state index contributed by atoms with van der Waals surface area (Å²) >= 11 is 1.19. The molecule has 0 bridgehead atoms. The highest BCUT2D eigenvalue weighted by atomic mass is 32.2. The van der Waals surface area contributed by atoms with Gasteiger partial charge >= 0.3 is 0 Å². The van der Waals surface area contributed by atoms with E-state index in [2.05, 4.69) is 0 Å². The van der Waals surface area contributed by atoms with Crippen LogP contribution in [0, 0.1) is 11.7 Å². The van der Waals surface area contributed by atoms with E-state index in [0.717, 1.165) is 5.56 Å². The summed E-state index contributed by atoms with van der Waals surface area (Å²) in [4.78, 5) is 14.9. The lowest BCUT2D eigenvalue weighted by atomic mass is 9.97. The number of piperidine rings is 1. The molecular weight excluding hydrogens is 415 g/mol. The van der Waals surface area contributed by atoms with E-state index < -0.39 is 10.0 Å². The number of amides is 1. The molecule has 0 aliphatic carbocycles. The number of rotatable bonds is 4. The Morgan fingerprint density at radius 1 is 1.14 bits per heavy atom. The third-order valence-corrected chi connectivity index (χ3v) is 8.68. The van der Waals surface area contributed by atoms with Crippen molar-refractivity contribution in [1.82, 2.24) is 9.21 Å². The van der Waals surface area contributed by atoms with Crippen molar-refractivity contribution in [3.8, 4) is 0 Å². The number of carbonyl (C=O) groups excluding carboxylic acids is 1. The van der Waals surface area contributed by atoms with Crippen LogP contribution < -0.4 is 0 Å². The maximum Gasteiger partial charge on any atom is 0.252 e. The fourth-order valence-corrected chi connectivity index (χ4v) is 6.55. The molecule has 2 aromatic rings. The molecule has 2 atom stereocenters. The largest absolute Gasteiger partial charge is 0.370 e. The molecule has 0 spiro atoms. The highest BCUT2D eigenvalue weighted by Gasteiger charge is 2.37. The Kier molecular flexibility index (Phi) is 6.00. The van der Waals surface area contributed by atoms with E-state index in [1.165, 1.54) is 27.8 Å². The SMILES string of the molecule is O=C(C1CCCN(S(=O)(=O)c2cccs2)C1)N1CCOC(c2ccc(F)cc2)C1. The Labute approximate surface area is 173 Å². The molecule has 6 nitrogen and oxygen atoms in total. The standard InChI is InChI=1S/C20H23FN2O4S2/c21-17-7-5-15(6-8-17)18-14-22(10-11-27-18)20(24)16-3-1-9-23(13-16)29(25,26)19-4-2-12-28-19/h2,4-8,12,16,18H,1,3,9-11,13-14H2. The summed E-state index contributed by atoms with van der Waals surface area (Å²) < 4.78 is 46.3. The van der Waals surface area contributed by atoms with Crippen LogP contribution in [0.4, 0.5) is 4.39 Å². The maximum absolute atomic E-state index is 13.2. The molecule has 3 heterocycles. The average molecular weight is 439 g/mol. The van der Waals surface area contributed by atoms with E-state index in [1.54, 1.807) is 34.5 Å². The zero-order valence-corrected chi connectivity index (χ0v) is 17.5. The quantitative estimate of drug-likeness (QED) is 0.736. The van der Waals surface area contributed by atoms with Crippen LogP contribution in [0.25, 0.3) is 0 Å². The third-order valence-electron chi connectivity index (χ3n) is 5.44. The van der Waals surface area contributed by atoms with Crippen LogP contribution in [0.1, 0.15) is 24.5 Å². The van der Waals surface area contributed by atoms with Crippen LogP contribution in [-0.4, -0.2) is 56.3 Å². The number of ether oxygens (including phenoxy) is 1. The Hall–Kier alpha value is -1.81. The van der Waals surface area contributed by atoms with Gasteiger partial charge in [0.1, 0.15) is 16.1 Å². The van der Waals surface area contributed by atoms with Gasteiger partial charge in [-0.2, -0.15) is 4.31 Å². The summed E-state index contributed by atoms with van der Waals surface area (Å²) in [6.07, 6.45) is 1.03. The highest BCUT2D eigenvalue weighted by molar-refractivity contribution is 7.91. The van der Waals surface area contributed by atoms with Crippen molar-refractivity contribution in [3.05, 3.63) is 53.2 Å². The second-order valence-electron chi connectivity index (χ2n) is 7.33. The second kappa shape index (κ2) is 8.51. The van der Waals surface area contributed by atoms with Crippen LogP contribution in [0.5, 0.6) is 0 Å². The van der Waals surface area contributed by atoms with Crippen molar-refractivity contribution in [3.63, 3.8) is 0 Å². The van der Waals surface area contributed by atoms with E-state index in [4.69, 9.17) is 4.74 Å². The van der Waals surface area contributed by atoms with E-state index in [-0.39, 0.29) is 30.3 Å². The fourth-order valence-electron chi connectivity index (χ4n) is 3.89. The van der Waals surface area contributed by atoms with Gasteiger partial charge < -0.3 is 9.64 Å². The zero-order chi connectivity index (χ0) is 20.4. The molecule has 0 radical (unpaired) electrons. The van der Waals surface area contributed by atoms with Crippen LogP contribution >= 0.6 is 11.3 Å². The van der Waals surface area contributed by atoms with Crippen molar-refractivity contribution in [2.24, 2.45) is 5.92 Å². The van der Waals surface area contributed by atoms with Gasteiger partial charge in [-0.3, -0.25) is 4.79 Å². The lowest BCUT2D eigenvalue weighted by Gasteiger charge is -2.38. The van der Waals surface area contributed by atoms with E-state index in [0.29, 0.717) is 43.3 Å². The normalized spacial score (nSPS) is 23.8. The van der Waals surface area contributed by atoms with Crippen molar-refractivity contribution >= 4 is 27.3 Å². The third kappa shape index (κ3) is 4.37. The van der Waals surface area contributed by atoms with Gasteiger partial charge in [-0.05, 0) is 42.0 Å². The topological polar surface area (TPSA) is 66.9 Å². The van der Waals surface area contributed by atoms with E-state index in [9.17, 15) is 17.6 Å². The van der Waals surface area contributed by atoms with Crippen molar-refractivity contribution < 1.29 is 22.3 Å². The van der Waals surface area contributed by atoms with Crippen molar-refractivity contribution in [1.29, 1.82) is 0 Å². The Morgan fingerprint density at radius 2 is 1.93 bits per heavy atom. The summed E-state index contributed by atoms with van der Waals surface area (Å²) in [5, 5.41) is 1.74. The van der Waals surface area contributed by atoms with Gasteiger partial charge in [0.25, 0.3) is 10.0 Å². The smallest absolute Gasteiger partial charge is 0.252 e. The number of hydrogen-bond donors (Lipinski definition) is 0. The molecule has 1 amide bonds. The van der Waals surface area contributed by atoms with Gasteiger partial charge in [0, 0.05) is 19.6 Å². The number of thiophene rings is 1. The summed E-state index contributed by atoms with van der Waals surface area (Å²) in [5.41, 5.74) is 0.828. The van der Waals surface area contributed by atoms with Gasteiger partial charge in [0.15, 0.2) is 0 Å². The molecule has 2 unspecified atom stereocenters. The first kappa shape index (κ1) is 20.5. The number of carbonyl (C=O) groups is 1. The predicted octanol–water partition coefficient (Wildman–Crippen LogP) is 2.89. The lowest BCUT2D eigenvalue weighted by molar-refractivity contribution is -0.144. The number of benzene rings is 1. The highest BCUT2D eigenvalue weighted by Crippen LogP contribution is 2.29. The first-order valence-electron chi connectivity index (χ1n) is 9.64. The Balaban J connectivity index is 1.44. The molecule has 1 aromatic carbocycles. The summed E-state index contributed by atoms with van der Waals surface area (Å²) in [6.45, 7) is 1.91. The number of halogens is 1. The van der Waals surface area contributed by atoms with Gasteiger partial charge in [0.2, 0.25) is 5.91 Å². The number of hydrogen-bond acceptors (Lipinski definition) is 5. The van der Waals surface area contributed by atoms with Crippen molar-refractivity contribution in [2.75, 3.05) is 32.8 Å². The molecule has 0 saturated carbocycles. The monoisotopic (exact) mass is 438 g/mol. The fraction of sp³-hybridized carbons (Fsp3) is 0.450. The molecule has 2 saturated heterocycles. The number of nitrogens with zero attached hydrogens (tertiary/aromatic N) is 2. The van der Waals surface area contributed by atoms with Gasteiger partial charge in [-0.1, -0.05) is 18.2 Å². The minimum absolute atomic E-state index is 0.0357. The molecule has 2 aliphatic heterocycles. The minimum atomic E-state index is -3.55. The summed E-state index contributed by atoms with van der Waals surface area (Å²) in [6, 6.07) is 9.42. The first-order chi connectivity index (χ1) is 13.9. The lowest BCUT2D eigenvalue weighted by Crippen LogP contribution is -2.49. The molecule has 156 valence electrons. The minimum Gasteiger partial charge on any atom is -0.370 e. The van der Waals surface area contributed by atoms with Gasteiger partial charge in [-0.15, -0.1) is 11.3 Å². The zero-order valence-electron chi connectivity index (χ0n) is 15.9. The Bertz CT molecular complexity index is 947. The number of morpholine rings is 1. The Morgan fingerprint density at radius 3 is 2.66 bits per heavy atom. The van der Waals surface area contributed by atoms with E-state index in [1.807, 2.05) is 0 Å². The average Bonchev–Trinajstić information content (AvgIpc) is 3.30. The first-order valence-corrected chi connectivity index (χ1v) is 12.0. The second-order valence-corrected chi connectivity index (χ2v) is 10.4. The summed E-state index contributed by atoms with van der Waals surface area (Å²) in [5.74, 6) is -0.705. The molecule has 2 aliphatic rings. The van der Waals surface area contributed by atoms with Crippen LogP contribution in [0.3, 0.4) is 0 Å². The molecule has 2 fully saturated rings. The number of sulfonamides is 1. The predicted molar refractivity (Wildman–Crippen MR) is 107 cm³/mol. The summed E-state index contributed by atoms with van der Waals surface area (Å²) in [7, 11) is -3.55. The molecule has 0 N–H and O–H groups in total. The maximum atomic E-state index is 13.2. The van der Waals surface area contributed by atoms with Gasteiger partial charge in [0.05, 0.1) is 19.1 Å². The molecule has 29 heavy (non-hydrogen) atoms. The van der Waals surface area contributed by atoms with Crippen LogP contribution in [-0.2, 0) is 19.6 Å². The molecule has 9 heteroatoms. The van der Waals surface area contributed by atoms with Crippen LogP contribution in [0.15, 0.2) is 46.0 Å². The van der Waals surface area contributed by atoms with E-state index >= 15 is 0 Å². The molecule has 1 aromatic heterocycles. The van der Waals surface area contributed by atoms with Gasteiger partial charge in [-0.25, -0.2) is 12.8 Å².